The van der Waals surface area contributed by atoms with Gasteiger partial charge in [0.25, 0.3) is 5.79 Å². The Hall–Kier alpha value is -1.23. The van der Waals surface area contributed by atoms with Crippen molar-refractivity contribution in [1.29, 1.82) is 0 Å². The highest BCUT2D eigenvalue weighted by Crippen LogP contribution is 2.39. The van der Waals surface area contributed by atoms with Crippen LogP contribution in [-0.2, 0) is 23.7 Å². The maximum absolute atomic E-state index is 12.2. The first-order valence-corrected chi connectivity index (χ1v) is 11.2. The average Bonchev–Trinajstić information content (AvgIpc) is 2.81. The molecule has 9 N–H and O–H groups in total. The van der Waals surface area contributed by atoms with E-state index in [1.165, 1.54) is 6.08 Å². The topological polar surface area (TPSA) is 222 Å². The van der Waals surface area contributed by atoms with Gasteiger partial charge in [-0.05, 0) is 6.42 Å². The van der Waals surface area contributed by atoms with Crippen molar-refractivity contribution in [1.82, 2.24) is 0 Å². The summed E-state index contributed by atoms with van der Waals surface area (Å²) in [6.45, 7) is 3.92. The number of hydrogen-bond donors (Lipinski definition) is 8. The molecule has 0 aromatic heterocycles. The van der Waals surface area contributed by atoms with E-state index in [-0.39, 0.29) is 6.61 Å². The number of aliphatic carboxylic acids is 1. The van der Waals surface area contributed by atoms with Crippen molar-refractivity contribution in [3.63, 3.8) is 0 Å². The molecular formula is C21H37NO12. The largest absolute Gasteiger partial charge is 0.477 e. The number of ether oxygens (including phenoxy) is 4. The van der Waals surface area contributed by atoms with Gasteiger partial charge in [0, 0.05) is 12.3 Å². The van der Waals surface area contributed by atoms with Crippen LogP contribution in [0.15, 0.2) is 12.7 Å². The first-order valence-electron chi connectivity index (χ1n) is 11.2. The van der Waals surface area contributed by atoms with Crippen LogP contribution in [0.4, 0.5) is 0 Å². The smallest absolute Gasteiger partial charge is 0.364 e. The molecule has 4 unspecified atom stereocenters. The Morgan fingerprint density at radius 1 is 1.29 bits per heavy atom. The monoisotopic (exact) mass is 495 g/mol. The van der Waals surface area contributed by atoms with Gasteiger partial charge < -0.3 is 60.4 Å². The predicted octanol–water partition coefficient (Wildman–Crippen LogP) is -2.96. The van der Waals surface area contributed by atoms with E-state index in [2.05, 4.69) is 6.58 Å². The van der Waals surface area contributed by atoms with E-state index < -0.39 is 92.4 Å². The van der Waals surface area contributed by atoms with Crippen LogP contribution in [0, 0.1) is 5.92 Å². The summed E-state index contributed by atoms with van der Waals surface area (Å²) in [6, 6.07) is -1.10. The van der Waals surface area contributed by atoms with E-state index in [0.717, 1.165) is 0 Å². The Bertz CT molecular complexity index is 668. The van der Waals surface area contributed by atoms with Gasteiger partial charge in [-0.25, -0.2) is 4.79 Å². The zero-order valence-corrected chi connectivity index (χ0v) is 19.0. The molecule has 0 saturated carbocycles. The Balaban J connectivity index is 2.24. The Kier molecular flexibility index (Phi) is 10.8. The molecule has 0 aliphatic carbocycles. The summed E-state index contributed by atoms with van der Waals surface area (Å²) in [5.41, 5.74) is 5.83. The number of aliphatic hydroxyl groups excluding tert-OH is 6. The van der Waals surface area contributed by atoms with Crippen LogP contribution < -0.4 is 5.73 Å². The highest BCUT2D eigenvalue weighted by atomic mass is 16.7. The van der Waals surface area contributed by atoms with Crippen LogP contribution in [0.2, 0.25) is 0 Å². The van der Waals surface area contributed by atoms with E-state index in [1.54, 1.807) is 0 Å². The molecule has 2 aliphatic heterocycles. The third-order valence-electron chi connectivity index (χ3n) is 6.19. The zero-order valence-electron chi connectivity index (χ0n) is 19.0. The van der Waals surface area contributed by atoms with Crippen molar-refractivity contribution in [2.45, 2.75) is 87.0 Å². The van der Waals surface area contributed by atoms with Crippen molar-refractivity contribution in [3.8, 4) is 0 Å². The minimum absolute atomic E-state index is 0.0364. The lowest BCUT2D eigenvalue weighted by molar-refractivity contribution is -0.335. The fourth-order valence-electron chi connectivity index (χ4n) is 4.25. The van der Waals surface area contributed by atoms with E-state index in [1.807, 2.05) is 6.92 Å². The second-order valence-corrected chi connectivity index (χ2v) is 8.64. The summed E-state index contributed by atoms with van der Waals surface area (Å²) in [7, 11) is 0. The lowest BCUT2D eigenvalue weighted by Crippen LogP contribution is -2.65. The molecule has 2 fully saturated rings. The molecule has 2 aliphatic rings. The zero-order chi connectivity index (χ0) is 25.6. The van der Waals surface area contributed by atoms with E-state index in [9.17, 15) is 40.5 Å². The molecule has 0 bridgehead atoms. The normalized spacial score (nSPS) is 40.5. The molecule has 2 saturated heterocycles. The van der Waals surface area contributed by atoms with Crippen LogP contribution >= 0.6 is 0 Å². The second-order valence-electron chi connectivity index (χ2n) is 8.64. The van der Waals surface area contributed by atoms with E-state index >= 15 is 0 Å². The van der Waals surface area contributed by atoms with Crippen LogP contribution in [0.5, 0.6) is 0 Å². The van der Waals surface area contributed by atoms with Crippen molar-refractivity contribution < 1.29 is 59.5 Å². The van der Waals surface area contributed by atoms with Gasteiger partial charge in [-0.2, -0.15) is 0 Å². The van der Waals surface area contributed by atoms with Crippen molar-refractivity contribution in [2.24, 2.45) is 11.7 Å². The number of carboxylic acids is 1. The quantitative estimate of drug-likeness (QED) is 0.127. The maximum Gasteiger partial charge on any atom is 0.364 e. The van der Waals surface area contributed by atoms with Crippen LogP contribution in [0.1, 0.15) is 26.2 Å². The highest BCUT2D eigenvalue weighted by molar-refractivity contribution is 5.76. The third-order valence-corrected chi connectivity index (χ3v) is 6.19. The molecule has 2 heterocycles. The first kappa shape index (κ1) is 29.0. The van der Waals surface area contributed by atoms with Gasteiger partial charge in [0.15, 0.2) is 6.29 Å². The highest BCUT2D eigenvalue weighted by Gasteiger charge is 2.56. The molecule has 0 amide bonds. The molecule has 13 heteroatoms. The number of hydrogen-bond acceptors (Lipinski definition) is 12. The molecular weight excluding hydrogens is 458 g/mol. The maximum atomic E-state index is 12.2. The molecule has 198 valence electrons. The third kappa shape index (κ3) is 6.30. The summed E-state index contributed by atoms with van der Waals surface area (Å²) in [4.78, 5) is 12.2. The van der Waals surface area contributed by atoms with Gasteiger partial charge in [-0.1, -0.05) is 19.4 Å². The van der Waals surface area contributed by atoms with Crippen LogP contribution in [0.25, 0.3) is 0 Å². The number of nitrogens with two attached hydrogens (primary N) is 1. The second kappa shape index (κ2) is 12.6. The summed E-state index contributed by atoms with van der Waals surface area (Å²) in [5.74, 6) is -4.85. The minimum atomic E-state index is -2.48. The molecule has 0 spiro atoms. The fraction of sp³-hybridized carbons (Fsp3) is 0.857. The van der Waals surface area contributed by atoms with Gasteiger partial charge in [-0.3, -0.25) is 0 Å². The summed E-state index contributed by atoms with van der Waals surface area (Å²) in [6.07, 6.45) is -9.69. The Labute approximate surface area is 197 Å². The van der Waals surface area contributed by atoms with Crippen molar-refractivity contribution >= 4 is 5.97 Å². The molecule has 34 heavy (non-hydrogen) atoms. The Morgan fingerprint density at radius 2 is 1.97 bits per heavy atom. The van der Waals surface area contributed by atoms with Gasteiger partial charge in [0.1, 0.15) is 30.5 Å². The van der Waals surface area contributed by atoms with E-state index in [0.29, 0.717) is 12.8 Å². The lowest BCUT2D eigenvalue weighted by Gasteiger charge is -2.47. The van der Waals surface area contributed by atoms with Crippen molar-refractivity contribution in [3.05, 3.63) is 12.7 Å². The van der Waals surface area contributed by atoms with Crippen LogP contribution in [0.3, 0.4) is 0 Å². The van der Waals surface area contributed by atoms with Gasteiger partial charge >= 0.3 is 5.97 Å². The number of carbonyl (C=O) groups is 1. The van der Waals surface area contributed by atoms with Crippen LogP contribution in [-0.4, -0.2) is 122 Å². The average molecular weight is 496 g/mol. The minimum Gasteiger partial charge on any atom is -0.477 e. The Morgan fingerprint density at radius 3 is 2.53 bits per heavy atom. The first-order chi connectivity index (χ1) is 16.0. The standard InChI is InChI=1S/C21H37NO12/c1-3-5-10-11(24)7-21(20(29)30,34-18(10)15(26)12(25)8-23)32-9-13-16(27)17(28)14(22)19(33-13)31-6-4-2/h4,10-19,23-28H,2-3,5-9,22H2,1H3,(H,29,30)/t10-,11-,12-,13?,14?,15-,16+,17?,18?,19+,21-/m1/s1. The van der Waals surface area contributed by atoms with Gasteiger partial charge in [0.05, 0.1) is 38.1 Å². The molecule has 13 nitrogen and oxygen atoms in total. The summed E-state index contributed by atoms with van der Waals surface area (Å²) < 4.78 is 22.1. The lowest BCUT2D eigenvalue weighted by atomic mass is 9.81. The fourth-order valence-corrected chi connectivity index (χ4v) is 4.25. The summed E-state index contributed by atoms with van der Waals surface area (Å²) in [5, 5.41) is 70.9. The predicted molar refractivity (Wildman–Crippen MR) is 114 cm³/mol. The van der Waals surface area contributed by atoms with Gasteiger partial charge in [-0.15, -0.1) is 6.58 Å². The van der Waals surface area contributed by atoms with Crippen molar-refractivity contribution in [2.75, 3.05) is 19.8 Å². The molecule has 0 radical (unpaired) electrons. The number of aliphatic hydroxyl groups is 6. The molecule has 0 aromatic carbocycles. The molecule has 0 aromatic rings. The van der Waals surface area contributed by atoms with Gasteiger partial charge in [0.2, 0.25) is 0 Å². The van der Waals surface area contributed by atoms with E-state index in [4.69, 9.17) is 24.7 Å². The number of carboxylic acid groups (broad SMARTS) is 1. The summed E-state index contributed by atoms with van der Waals surface area (Å²) >= 11 is 0. The molecule has 11 atom stereocenters. The number of rotatable bonds is 12. The molecule has 2 rings (SSSR count). The SMILES string of the molecule is C=CCO[C@H]1OC(CO[C@]2(C(=O)O)C[C@@H](O)[C@@H](CCC)C([C@H](O)[C@H](O)CO)O2)[C@H](O)C(O)C1N.